The Bertz CT molecular complexity index is 533. The van der Waals surface area contributed by atoms with E-state index in [4.69, 9.17) is 4.74 Å². The molecule has 5 heteroatoms. The van der Waals surface area contributed by atoms with Gasteiger partial charge in [-0.15, -0.1) is 0 Å². The molecule has 23 heavy (non-hydrogen) atoms. The summed E-state index contributed by atoms with van der Waals surface area (Å²) in [5.41, 5.74) is 0.548. The Morgan fingerprint density at radius 2 is 2.00 bits per heavy atom. The van der Waals surface area contributed by atoms with Crippen molar-refractivity contribution in [1.82, 2.24) is 0 Å². The fourth-order valence-electron chi connectivity index (χ4n) is 1.74. The summed E-state index contributed by atoms with van der Waals surface area (Å²) in [5, 5.41) is 11.7. The fourth-order valence-corrected chi connectivity index (χ4v) is 2.41. The molecule has 0 atom stereocenters. The van der Waals surface area contributed by atoms with Crippen molar-refractivity contribution < 1.29 is 14.3 Å². The molecular formula is C18H25NO3S. The van der Waals surface area contributed by atoms with E-state index in [0.29, 0.717) is 13.0 Å². The highest BCUT2D eigenvalue weighted by atomic mass is 32.2. The summed E-state index contributed by atoms with van der Waals surface area (Å²) in [6.07, 6.45) is 5.62. The van der Waals surface area contributed by atoms with Crippen LogP contribution in [-0.4, -0.2) is 34.0 Å². The molecule has 4 nitrogen and oxygen atoms in total. The van der Waals surface area contributed by atoms with Gasteiger partial charge in [-0.2, -0.15) is 11.8 Å². The van der Waals surface area contributed by atoms with E-state index in [0.717, 1.165) is 21.8 Å². The lowest BCUT2D eigenvalue weighted by Gasteiger charge is -2.17. The first-order valence-electron chi connectivity index (χ1n) is 7.65. The first-order chi connectivity index (χ1) is 10.9. The van der Waals surface area contributed by atoms with Crippen molar-refractivity contribution in [3.05, 3.63) is 53.3 Å². The van der Waals surface area contributed by atoms with Crippen molar-refractivity contribution in [3.63, 3.8) is 0 Å². The van der Waals surface area contributed by atoms with Crippen LogP contribution in [0.25, 0.3) is 0 Å². The largest absolute Gasteiger partial charge is 0.624 e. The number of ether oxygens (including phenoxy) is 1. The van der Waals surface area contributed by atoms with Crippen LogP contribution in [0.1, 0.15) is 32.8 Å². The predicted octanol–water partition coefficient (Wildman–Crippen LogP) is 3.79. The molecule has 0 aliphatic rings. The lowest BCUT2D eigenvalue weighted by molar-refractivity contribution is -0.471. The number of nitrogens with zero attached hydrogens (tertiary/aromatic N) is 1. The molecule has 0 aromatic heterocycles. The second kappa shape index (κ2) is 10.1. The van der Waals surface area contributed by atoms with Gasteiger partial charge in [0.15, 0.2) is 12.8 Å². The minimum absolute atomic E-state index is 0.321. The van der Waals surface area contributed by atoms with Gasteiger partial charge in [-0.1, -0.05) is 36.4 Å². The predicted molar refractivity (Wildman–Crippen MR) is 96.8 cm³/mol. The van der Waals surface area contributed by atoms with E-state index in [1.807, 2.05) is 51.1 Å². The molecule has 0 aliphatic heterocycles. The summed E-state index contributed by atoms with van der Waals surface area (Å²) < 4.78 is 6.13. The molecule has 126 valence electrons. The zero-order valence-electron chi connectivity index (χ0n) is 14.0. The molecule has 1 rings (SSSR count). The minimum atomic E-state index is -0.458. The number of esters is 1. The smallest absolute Gasteiger partial charge is 0.330 e. The van der Waals surface area contributed by atoms with Crippen LogP contribution in [0.5, 0.6) is 0 Å². The molecule has 0 spiro atoms. The number of carbonyl (C=O) groups is 1. The van der Waals surface area contributed by atoms with Gasteiger partial charge in [-0.25, -0.2) is 9.53 Å². The maximum Gasteiger partial charge on any atom is 0.330 e. The van der Waals surface area contributed by atoms with Crippen molar-refractivity contribution in [2.45, 2.75) is 39.3 Å². The number of hydrogen-bond donors (Lipinski definition) is 0. The van der Waals surface area contributed by atoms with Crippen LogP contribution >= 0.6 is 11.8 Å². The van der Waals surface area contributed by atoms with Gasteiger partial charge < -0.3 is 9.94 Å². The first kappa shape index (κ1) is 19.3. The highest BCUT2D eigenvalue weighted by Gasteiger charge is 2.13. The summed E-state index contributed by atoms with van der Waals surface area (Å²) in [6.45, 7) is 5.90. The van der Waals surface area contributed by atoms with Gasteiger partial charge >= 0.3 is 5.97 Å². The number of thioether (sulfide) groups is 1. The second-order valence-corrected chi connectivity index (χ2v) is 7.19. The van der Waals surface area contributed by atoms with E-state index < -0.39 is 5.60 Å². The van der Waals surface area contributed by atoms with Gasteiger partial charge in [0.2, 0.25) is 0 Å². The Balaban J connectivity index is 2.15. The van der Waals surface area contributed by atoms with Crippen LogP contribution in [0.3, 0.4) is 0 Å². The van der Waals surface area contributed by atoms with E-state index in [1.165, 1.54) is 6.08 Å². The molecule has 0 aliphatic carbocycles. The van der Waals surface area contributed by atoms with E-state index in [-0.39, 0.29) is 5.97 Å². The van der Waals surface area contributed by atoms with Crippen LogP contribution in [0.4, 0.5) is 0 Å². The monoisotopic (exact) mass is 335 g/mol. The second-order valence-electron chi connectivity index (χ2n) is 6.04. The first-order valence-corrected chi connectivity index (χ1v) is 8.80. The third kappa shape index (κ3) is 10.6. The number of carbonyl (C=O) groups excluding carboxylic acids is 1. The van der Waals surface area contributed by atoms with Crippen LogP contribution < -0.4 is 0 Å². The van der Waals surface area contributed by atoms with Crippen molar-refractivity contribution in [1.29, 1.82) is 0 Å². The number of hydrogen-bond acceptors (Lipinski definition) is 4. The maximum atomic E-state index is 11.7. The normalized spacial score (nSPS) is 12.6. The highest BCUT2D eigenvalue weighted by Crippen LogP contribution is 2.08. The van der Waals surface area contributed by atoms with E-state index in [9.17, 15) is 10.0 Å². The van der Waals surface area contributed by atoms with Gasteiger partial charge in [0.05, 0.1) is 0 Å². The number of benzene rings is 1. The van der Waals surface area contributed by atoms with Gasteiger partial charge in [0, 0.05) is 29.6 Å². The van der Waals surface area contributed by atoms with Gasteiger partial charge in [0.25, 0.3) is 0 Å². The van der Waals surface area contributed by atoms with Gasteiger partial charge in [0.1, 0.15) is 5.60 Å². The van der Waals surface area contributed by atoms with Gasteiger partial charge in [-0.3, -0.25) is 0 Å². The van der Waals surface area contributed by atoms with E-state index >= 15 is 0 Å². The topological polar surface area (TPSA) is 52.4 Å². The SMILES string of the molecule is CC(C)(C)OC(=O)/C=C/CSCC/C=[N+](\[O-])Cc1ccccc1. The quantitative estimate of drug-likeness (QED) is 0.138. The molecule has 0 amide bonds. The van der Waals surface area contributed by atoms with Crippen LogP contribution in [0.15, 0.2) is 42.5 Å². The molecular weight excluding hydrogens is 310 g/mol. The summed E-state index contributed by atoms with van der Waals surface area (Å²) in [5.74, 6) is 1.25. The molecule has 0 saturated carbocycles. The highest BCUT2D eigenvalue weighted by molar-refractivity contribution is 7.99. The summed E-state index contributed by atoms with van der Waals surface area (Å²) in [6, 6.07) is 9.67. The minimum Gasteiger partial charge on any atom is -0.624 e. The lowest BCUT2D eigenvalue weighted by atomic mass is 10.2. The van der Waals surface area contributed by atoms with Crippen molar-refractivity contribution >= 4 is 23.9 Å². The number of hydroxylamine groups is 1. The maximum absolute atomic E-state index is 11.7. The van der Waals surface area contributed by atoms with E-state index in [2.05, 4.69) is 0 Å². The molecule has 0 fully saturated rings. The molecule has 0 unspecified atom stereocenters. The summed E-state index contributed by atoms with van der Waals surface area (Å²) in [7, 11) is 0. The average Bonchev–Trinajstić information content (AvgIpc) is 2.45. The summed E-state index contributed by atoms with van der Waals surface area (Å²) in [4.78, 5) is 11.4. The third-order valence-electron chi connectivity index (χ3n) is 2.65. The van der Waals surface area contributed by atoms with Gasteiger partial charge in [-0.05, 0) is 20.8 Å². The van der Waals surface area contributed by atoms with Crippen LogP contribution in [0, 0.1) is 5.21 Å². The zero-order chi connectivity index (χ0) is 17.1. The third-order valence-corrected chi connectivity index (χ3v) is 3.60. The average molecular weight is 335 g/mol. The number of rotatable bonds is 8. The standard InChI is InChI=1S/C18H25NO3S/c1-18(2,3)22-17(20)11-7-13-23-14-8-12-19(21)15-16-9-5-4-6-10-16/h4-7,9-12H,8,13-15H2,1-3H3/b11-7+,19-12-. The zero-order valence-corrected chi connectivity index (χ0v) is 14.8. The van der Waals surface area contributed by atoms with Crippen molar-refractivity contribution in [2.24, 2.45) is 0 Å². The van der Waals surface area contributed by atoms with Crippen molar-refractivity contribution in [3.8, 4) is 0 Å². The Kier molecular flexibility index (Phi) is 8.48. The van der Waals surface area contributed by atoms with Crippen molar-refractivity contribution in [2.75, 3.05) is 11.5 Å². The molecule has 0 heterocycles. The summed E-state index contributed by atoms with van der Waals surface area (Å²) >= 11 is 1.67. The molecule has 1 aromatic rings. The molecule has 0 N–H and O–H groups in total. The van der Waals surface area contributed by atoms with E-state index in [1.54, 1.807) is 24.1 Å². The fraction of sp³-hybridized carbons (Fsp3) is 0.444. The lowest BCUT2D eigenvalue weighted by Crippen LogP contribution is -2.22. The Labute approximate surface area is 142 Å². The molecule has 0 bridgehead atoms. The Hall–Kier alpha value is -1.75. The molecule has 0 saturated heterocycles. The molecule has 0 radical (unpaired) electrons. The Morgan fingerprint density at radius 3 is 2.65 bits per heavy atom. The Morgan fingerprint density at radius 1 is 1.30 bits per heavy atom. The molecule has 1 aromatic carbocycles. The van der Waals surface area contributed by atoms with Crippen LogP contribution in [-0.2, 0) is 16.1 Å². The van der Waals surface area contributed by atoms with Crippen LogP contribution in [0.2, 0.25) is 0 Å².